The zero-order chi connectivity index (χ0) is 13.9. The van der Waals surface area contributed by atoms with Crippen molar-refractivity contribution in [3.8, 4) is 5.88 Å². The van der Waals surface area contributed by atoms with Gasteiger partial charge in [-0.25, -0.2) is 15.0 Å². The molecule has 3 rings (SSSR count). The summed E-state index contributed by atoms with van der Waals surface area (Å²) in [5, 5.41) is 3.08. The van der Waals surface area contributed by atoms with Gasteiger partial charge in [0, 0.05) is 7.05 Å². The first kappa shape index (κ1) is 12.3. The predicted octanol–water partition coefficient (Wildman–Crippen LogP) is 0.774. The molecule has 3 aromatic heterocycles. The lowest BCUT2D eigenvalue weighted by molar-refractivity contribution is 0.394. The first-order valence-corrected chi connectivity index (χ1v) is 5.99. The van der Waals surface area contributed by atoms with Crippen LogP contribution in [0.15, 0.2) is 24.9 Å². The van der Waals surface area contributed by atoms with E-state index in [-0.39, 0.29) is 0 Å². The molecule has 102 valence electrons. The lowest BCUT2D eigenvalue weighted by atomic mass is 10.4. The Kier molecular flexibility index (Phi) is 3.12. The molecule has 3 heterocycles. The Labute approximate surface area is 114 Å². The smallest absolute Gasteiger partial charge is 0.232 e. The van der Waals surface area contributed by atoms with Gasteiger partial charge < -0.3 is 14.6 Å². The Hall–Kier alpha value is -2.77. The van der Waals surface area contributed by atoms with Gasteiger partial charge in [-0.05, 0) is 0 Å². The number of fused-ring (bicyclic) bond motifs is 1. The molecule has 1 N–H and O–H groups in total. The minimum Gasteiger partial charge on any atom is -0.480 e. The molecule has 0 atom stereocenters. The Balaban J connectivity index is 1.75. The van der Waals surface area contributed by atoms with Crippen LogP contribution < -0.4 is 10.1 Å². The highest BCUT2D eigenvalue weighted by Crippen LogP contribution is 2.11. The second-order valence-corrected chi connectivity index (χ2v) is 4.16. The first-order chi connectivity index (χ1) is 9.76. The molecule has 0 fully saturated rings. The quantitative estimate of drug-likeness (QED) is 0.749. The van der Waals surface area contributed by atoms with Crippen molar-refractivity contribution in [2.75, 3.05) is 12.4 Å². The lowest BCUT2D eigenvalue weighted by Gasteiger charge is -2.05. The third kappa shape index (κ3) is 2.35. The second kappa shape index (κ2) is 5.08. The molecule has 0 aliphatic rings. The van der Waals surface area contributed by atoms with E-state index in [1.54, 1.807) is 32.0 Å². The van der Waals surface area contributed by atoms with Crippen LogP contribution in [0.25, 0.3) is 11.2 Å². The van der Waals surface area contributed by atoms with Crippen LogP contribution in [0.3, 0.4) is 0 Å². The van der Waals surface area contributed by atoms with Crippen LogP contribution in [-0.2, 0) is 13.6 Å². The maximum absolute atomic E-state index is 5.02. The SMILES string of the molecule is COc1cncc(CNc2ncc3c(ncn3C)n2)n1. The van der Waals surface area contributed by atoms with Gasteiger partial charge in [-0.2, -0.15) is 4.98 Å². The van der Waals surface area contributed by atoms with E-state index in [2.05, 4.69) is 30.2 Å². The van der Waals surface area contributed by atoms with E-state index < -0.39 is 0 Å². The second-order valence-electron chi connectivity index (χ2n) is 4.16. The summed E-state index contributed by atoms with van der Waals surface area (Å²) in [4.78, 5) is 21.0. The van der Waals surface area contributed by atoms with Gasteiger partial charge in [0.05, 0.1) is 44.3 Å². The molecule has 20 heavy (non-hydrogen) atoms. The number of methoxy groups -OCH3 is 1. The standard InChI is InChI=1S/C12H13N7O/c1-19-7-16-11-9(19)5-15-12(18-11)14-4-8-3-13-6-10(17-8)20-2/h3,5-7H,4H2,1-2H3,(H,14,15,18). The number of imidazole rings is 1. The zero-order valence-corrected chi connectivity index (χ0v) is 11.1. The fourth-order valence-electron chi connectivity index (χ4n) is 1.74. The van der Waals surface area contributed by atoms with E-state index in [1.165, 1.54) is 0 Å². The highest BCUT2D eigenvalue weighted by Gasteiger charge is 2.05. The summed E-state index contributed by atoms with van der Waals surface area (Å²) < 4.78 is 6.89. The molecule has 8 nitrogen and oxygen atoms in total. The van der Waals surface area contributed by atoms with Crippen LogP contribution in [0, 0.1) is 0 Å². The molecule has 8 heteroatoms. The number of nitrogens with one attached hydrogen (secondary N) is 1. The summed E-state index contributed by atoms with van der Waals surface area (Å²) >= 11 is 0. The van der Waals surface area contributed by atoms with Crippen LogP contribution in [0.1, 0.15) is 5.69 Å². The largest absolute Gasteiger partial charge is 0.480 e. The highest BCUT2D eigenvalue weighted by molar-refractivity contribution is 5.70. The van der Waals surface area contributed by atoms with Gasteiger partial charge in [-0.3, -0.25) is 4.98 Å². The topological polar surface area (TPSA) is 90.6 Å². The summed E-state index contributed by atoms with van der Waals surface area (Å²) in [5.41, 5.74) is 2.28. The molecule has 0 aliphatic heterocycles. The number of ether oxygens (including phenoxy) is 1. The summed E-state index contributed by atoms with van der Waals surface area (Å²) in [6.07, 6.45) is 6.65. The monoisotopic (exact) mass is 271 g/mol. The molecule has 0 aromatic carbocycles. The van der Waals surface area contributed by atoms with Crippen LogP contribution in [0.4, 0.5) is 5.95 Å². The van der Waals surface area contributed by atoms with Gasteiger partial charge in [0.2, 0.25) is 11.8 Å². The normalized spacial score (nSPS) is 10.7. The van der Waals surface area contributed by atoms with Crippen molar-refractivity contribution in [1.82, 2.24) is 29.5 Å². The van der Waals surface area contributed by atoms with Gasteiger partial charge in [0.25, 0.3) is 0 Å². The minimum atomic E-state index is 0.461. The predicted molar refractivity (Wildman–Crippen MR) is 72.2 cm³/mol. The number of rotatable bonds is 4. The Morgan fingerprint density at radius 2 is 2.10 bits per heavy atom. The average Bonchev–Trinajstić information content (AvgIpc) is 2.86. The molecule has 0 radical (unpaired) electrons. The number of aryl methyl sites for hydroxylation is 1. The first-order valence-electron chi connectivity index (χ1n) is 5.99. The Morgan fingerprint density at radius 3 is 2.95 bits per heavy atom. The van der Waals surface area contributed by atoms with E-state index in [0.29, 0.717) is 24.0 Å². The average molecular weight is 271 g/mol. The molecule has 0 saturated heterocycles. The van der Waals surface area contributed by atoms with E-state index in [0.717, 1.165) is 11.2 Å². The van der Waals surface area contributed by atoms with Crippen molar-refractivity contribution < 1.29 is 4.74 Å². The highest BCUT2D eigenvalue weighted by atomic mass is 16.5. The summed E-state index contributed by atoms with van der Waals surface area (Å²) in [7, 11) is 3.46. The Morgan fingerprint density at radius 1 is 1.20 bits per heavy atom. The third-order valence-corrected chi connectivity index (χ3v) is 2.78. The van der Waals surface area contributed by atoms with E-state index in [1.807, 2.05) is 11.6 Å². The molecule has 0 aliphatic carbocycles. The van der Waals surface area contributed by atoms with Crippen LogP contribution in [-0.4, -0.2) is 36.6 Å². The van der Waals surface area contributed by atoms with Crippen LogP contribution >= 0.6 is 0 Å². The van der Waals surface area contributed by atoms with Crippen LogP contribution in [0.2, 0.25) is 0 Å². The number of hydrogen-bond acceptors (Lipinski definition) is 7. The number of hydrogen-bond donors (Lipinski definition) is 1. The maximum Gasteiger partial charge on any atom is 0.232 e. The number of nitrogens with zero attached hydrogens (tertiary/aromatic N) is 6. The molecule has 0 bridgehead atoms. The van der Waals surface area contributed by atoms with E-state index in [4.69, 9.17) is 4.74 Å². The van der Waals surface area contributed by atoms with Gasteiger partial charge in [-0.15, -0.1) is 0 Å². The fraction of sp³-hybridized carbons (Fsp3) is 0.250. The van der Waals surface area contributed by atoms with Crippen molar-refractivity contribution in [3.05, 3.63) is 30.6 Å². The summed E-state index contributed by atoms with van der Waals surface area (Å²) in [6.45, 7) is 0.461. The van der Waals surface area contributed by atoms with Crippen molar-refractivity contribution >= 4 is 17.1 Å². The summed E-state index contributed by atoms with van der Waals surface area (Å²) in [5.74, 6) is 0.978. The third-order valence-electron chi connectivity index (χ3n) is 2.78. The molecule has 0 spiro atoms. The minimum absolute atomic E-state index is 0.461. The molecule has 0 amide bonds. The van der Waals surface area contributed by atoms with Gasteiger partial charge in [0.1, 0.15) is 5.52 Å². The lowest BCUT2D eigenvalue weighted by Crippen LogP contribution is -2.06. The Bertz CT molecular complexity index is 740. The number of aromatic nitrogens is 6. The molecule has 3 aromatic rings. The molecular weight excluding hydrogens is 258 g/mol. The van der Waals surface area contributed by atoms with Crippen molar-refractivity contribution in [2.45, 2.75) is 6.54 Å². The van der Waals surface area contributed by atoms with Crippen LogP contribution in [0.5, 0.6) is 5.88 Å². The number of anilines is 1. The van der Waals surface area contributed by atoms with E-state index >= 15 is 0 Å². The molecular formula is C12H13N7O. The van der Waals surface area contributed by atoms with Crippen molar-refractivity contribution in [3.63, 3.8) is 0 Å². The van der Waals surface area contributed by atoms with Gasteiger partial charge in [-0.1, -0.05) is 0 Å². The summed E-state index contributed by atoms with van der Waals surface area (Å²) in [6, 6.07) is 0. The van der Waals surface area contributed by atoms with Crippen molar-refractivity contribution in [2.24, 2.45) is 7.05 Å². The molecule has 0 saturated carbocycles. The van der Waals surface area contributed by atoms with Crippen molar-refractivity contribution in [1.29, 1.82) is 0 Å². The van der Waals surface area contributed by atoms with Gasteiger partial charge >= 0.3 is 0 Å². The fourth-order valence-corrected chi connectivity index (χ4v) is 1.74. The maximum atomic E-state index is 5.02. The molecule has 0 unspecified atom stereocenters. The van der Waals surface area contributed by atoms with E-state index in [9.17, 15) is 0 Å². The van der Waals surface area contributed by atoms with Gasteiger partial charge in [0.15, 0.2) is 5.65 Å². The zero-order valence-electron chi connectivity index (χ0n) is 11.1.